The summed E-state index contributed by atoms with van der Waals surface area (Å²) in [4.78, 5) is 30.5. The normalized spacial score (nSPS) is 11.3. The average molecular weight is 546 g/mol. The zero-order chi connectivity index (χ0) is 28.2. The number of carbonyl (C=O) groups excluding carboxylic acids is 1. The topological polar surface area (TPSA) is 136 Å². The van der Waals surface area contributed by atoms with Gasteiger partial charge in [-0.05, 0) is 67.3 Å². The van der Waals surface area contributed by atoms with Crippen LogP contribution in [0.1, 0.15) is 41.3 Å². The van der Waals surface area contributed by atoms with Crippen molar-refractivity contribution in [2.45, 2.75) is 38.0 Å². The molecule has 0 unspecified atom stereocenters. The van der Waals surface area contributed by atoms with Gasteiger partial charge >= 0.3 is 0 Å². The maximum atomic E-state index is 13.2. The molecule has 0 bridgehead atoms. The predicted octanol–water partition coefficient (Wildman–Crippen LogP) is 4.74. The summed E-state index contributed by atoms with van der Waals surface area (Å²) in [6.07, 6.45) is 4.50. The third-order valence-electron chi connectivity index (χ3n) is 6.36. The van der Waals surface area contributed by atoms with E-state index in [2.05, 4.69) is 22.5 Å². The zero-order valence-electron chi connectivity index (χ0n) is 22.1. The molecule has 0 aliphatic carbocycles. The van der Waals surface area contributed by atoms with Crippen molar-refractivity contribution >= 4 is 33.1 Å². The highest BCUT2D eigenvalue weighted by Crippen LogP contribution is 2.26. The van der Waals surface area contributed by atoms with Crippen LogP contribution in [0.25, 0.3) is 11.3 Å². The number of hydrogen-bond acceptors (Lipinski definition) is 6. The molecule has 202 valence electrons. The molecule has 1 heterocycles. The van der Waals surface area contributed by atoms with E-state index in [0.717, 1.165) is 30.4 Å². The Morgan fingerprint density at radius 1 is 1.05 bits per heavy atom. The molecule has 39 heavy (non-hydrogen) atoms. The standard InChI is InChI=1S/C29H31N5O4S/c1-4-5-8-20-9-6-7-10-24(20)28(35)33-25-17-21(12-11-19(25)2)26-18-34(3)29(36)27(32-26)31-22-13-15-23(16-14-22)39(30,37)38/h6-7,9-18H,4-5,8H2,1-3H3,(H,31,32)(H,33,35)(H2,30,37,38). The minimum Gasteiger partial charge on any atom is -0.336 e. The lowest BCUT2D eigenvalue weighted by Crippen LogP contribution is -2.21. The lowest BCUT2D eigenvalue weighted by atomic mass is 10.0. The minimum absolute atomic E-state index is 0.0371. The highest BCUT2D eigenvalue weighted by atomic mass is 32.2. The van der Waals surface area contributed by atoms with E-state index in [1.54, 1.807) is 13.2 Å². The molecule has 1 amide bonds. The monoisotopic (exact) mass is 545 g/mol. The summed E-state index contributed by atoms with van der Waals surface area (Å²) in [7, 11) is -2.21. The summed E-state index contributed by atoms with van der Waals surface area (Å²) in [5, 5.41) is 11.2. The first-order valence-electron chi connectivity index (χ1n) is 12.5. The summed E-state index contributed by atoms with van der Waals surface area (Å²) in [5.74, 6) is -0.116. The van der Waals surface area contributed by atoms with Gasteiger partial charge in [-0.2, -0.15) is 0 Å². The molecular formula is C29H31N5O4S. The van der Waals surface area contributed by atoms with Crippen LogP contribution in [0, 0.1) is 6.92 Å². The largest absolute Gasteiger partial charge is 0.336 e. The summed E-state index contributed by atoms with van der Waals surface area (Å²) in [6.45, 7) is 4.03. The Hall–Kier alpha value is -4.28. The molecule has 0 radical (unpaired) electrons. The fourth-order valence-corrected chi connectivity index (χ4v) is 4.64. The van der Waals surface area contributed by atoms with Gasteiger partial charge in [-0.15, -0.1) is 0 Å². The van der Waals surface area contributed by atoms with E-state index in [4.69, 9.17) is 5.14 Å². The van der Waals surface area contributed by atoms with Crippen LogP contribution < -0.4 is 21.3 Å². The van der Waals surface area contributed by atoms with E-state index >= 15 is 0 Å². The maximum Gasteiger partial charge on any atom is 0.293 e. The number of nitrogens with two attached hydrogens (primary N) is 1. The molecule has 4 N–H and O–H groups in total. The second kappa shape index (κ2) is 11.6. The van der Waals surface area contributed by atoms with Crippen LogP contribution in [0.3, 0.4) is 0 Å². The number of unbranched alkanes of at least 4 members (excludes halogenated alkanes) is 1. The van der Waals surface area contributed by atoms with Crippen molar-refractivity contribution in [2.24, 2.45) is 12.2 Å². The molecule has 0 saturated heterocycles. The van der Waals surface area contributed by atoms with E-state index in [0.29, 0.717) is 28.2 Å². The fraction of sp³-hybridized carbons (Fsp3) is 0.207. The number of anilines is 3. The molecule has 0 fully saturated rings. The van der Waals surface area contributed by atoms with E-state index in [1.165, 1.54) is 28.8 Å². The van der Waals surface area contributed by atoms with Gasteiger partial charge in [0.2, 0.25) is 10.0 Å². The molecule has 3 aromatic carbocycles. The van der Waals surface area contributed by atoms with Gasteiger partial charge in [0.05, 0.1) is 10.6 Å². The number of primary sulfonamides is 1. The summed E-state index contributed by atoms with van der Waals surface area (Å²) >= 11 is 0. The van der Waals surface area contributed by atoms with Crippen molar-refractivity contribution in [3.63, 3.8) is 0 Å². The van der Waals surface area contributed by atoms with Crippen molar-refractivity contribution in [2.75, 3.05) is 10.6 Å². The van der Waals surface area contributed by atoms with Gasteiger partial charge in [0.15, 0.2) is 5.82 Å². The maximum absolute atomic E-state index is 13.2. The number of aryl methyl sites for hydroxylation is 3. The second-order valence-electron chi connectivity index (χ2n) is 9.33. The predicted molar refractivity (Wildman–Crippen MR) is 154 cm³/mol. The molecule has 1 aromatic heterocycles. The van der Waals surface area contributed by atoms with E-state index < -0.39 is 10.0 Å². The average Bonchev–Trinajstić information content (AvgIpc) is 2.91. The Morgan fingerprint density at radius 3 is 2.46 bits per heavy atom. The smallest absolute Gasteiger partial charge is 0.293 e. The third kappa shape index (κ3) is 6.60. The fourth-order valence-electron chi connectivity index (χ4n) is 4.12. The Kier molecular flexibility index (Phi) is 8.27. The number of carbonyl (C=O) groups is 1. The number of amides is 1. The van der Waals surface area contributed by atoms with Gasteiger partial charge in [0.25, 0.3) is 11.5 Å². The molecule has 9 nitrogen and oxygen atoms in total. The van der Waals surface area contributed by atoms with Crippen LogP contribution in [0.4, 0.5) is 17.2 Å². The molecular weight excluding hydrogens is 514 g/mol. The van der Waals surface area contributed by atoms with Gasteiger partial charge in [-0.25, -0.2) is 18.5 Å². The molecule has 0 aliphatic rings. The van der Waals surface area contributed by atoms with E-state index in [9.17, 15) is 18.0 Å². The number of rotatable bonds is 9. The number of nitrogens with one attached hydrogen (secondary N) is 2. The van der Waals surface area contributed by atoms with E-state index in [-0.39, 0.29) is 22.2 Å². The number of aromatic nitrogens is 2. The van der Waals surface area contributed by atoms with E-state index in [1.807, 2.05) is 49.4 Å². The van der Waals surface area contributed by atoms with Crippen LogP contribution in [0.15, 0.2) is 82.6 Å². The zero-order valence-corrected chi connectivity index (χ0v) is 22.9. The lowest BCUT2D eigenvalue weighted by molar-refractivity contribution is 0.102. The Bertz CT molecular complexity index is 1680. The molecule has 0 atom stereocenters. The summed E-state index contributed by atoms with van der Waals surface area (Å²) < 4.78 is 24.5. The van der Waals surface area contributed by atoms with Gasteiger partial charge < -0.3 is 15.2 Å². The number of sulfonamides is 1. The molecule has 4 rings (SSSR count). The summed E-state index contributed by atoms with van der Waals surface area (Å²) in [5.41, 5.74) is 4.52. The molecule has 0 spiro atoms. The van der Waals surface area contributed by atoms with Crippen molar-refractivity contribution in [1.82, 2.24) is 9.55 Å². The van der Waals surface area contributed by atoms with Gasteiger partial charge in [-0.1, -0.05) is 43.7 Å². The van der Waals surface area contributed by atoms with Crippen molar-refractivity contribution in [3.05, 3.63) is 100.0 Å². The Morgan fingerprint density at radius 2 is 1.77 bits per heavy atom. The Labute approximate surface area is 227 Å². The van der Waals surface area contributed by atoms with Gasteiger partial charge in [0.1, 0.15) is 0 Å². The highest BCUT2D eigenvalue weighted by molar-refractivity contribution is 7.89. The molecule has 0 aliphatic heterocycles. The molecule has 0 saturated carbocycles. The van der Waals surface area contributed by atoms with Gasteiger partial charge in [-0.3, -0.25) is 9.59 Å². The van der Waals surface area contributed by atoms with Crippen molar-refractivity contribution in [1.29, 1.82) is 0 Å². The summed E-state index contributed by atoms with van der Waals surface area (Å²) in [6, 6.07) is 18.9. The number of nitrogens with zero attached hydrogens (tertiary/aromatic N) is 2. The molecule has 4 aromatic rings. The van der Waals surface area contributed by atoms with Crippen LogP contribution in [-0.2, 0) is 23.5 Å². The highest BCUT2D eigenvalue weighted by Gasteiger charge is 2.15. The third-order valence-corrected chi connectivity index (χ3v) is 7.29. The molecule has 10 heteroatoms. The minimum atomic E-state index is -3.83. The Balaban J connectivity index is 1.63. The van der Waals surface area contributed by atoms with Crippen molar-refractivity contribution in [3.8, 4) is 11.3 Å². The quantitative estimate of drug-likeness (QED) is 0.278. The number of benzene rings is 3. The second-order valence-corrected chi connectivity index (χ2v) is 10.9. The van der Waals surface area contributed by atoms with Crippen LogP contribution in [-0.4, -0.2) is 23.9 Å². The van der Waals surface area contributed by atoms with Gasteiger partial charge in [0, 0.05) is 35.7 Å². The number of hydrogen-bond donors (Lipinski definition) is 3. The first-order chi connectivity index (χ1) is 18.6. The first-order valence-corrected chi connectivity index (χ1v) is 14.1. The van der Waals surface area contributed by atoms with Crippen LogP contribution in [0.5, 0.6) is 0 Å². The van der Waals surface area contributed by atoms with Crippen molar-refractivity contribution < 1.29 is 13.2 Å². The first kappa shape index (κ1) is 27.7. The van der Waals surface area contributed by atoms with Crippen LogP contribution >= 0.6 is 0 Å². The lowest BCUT2D eigenvalue weighted by Gasteiger charge is -2.14. The van der Waals surface area contributed by atoms with Crippen LogP contribution in [0.2, 0.25) is 0 Å². The SMILES string of the molecule is CCCCc1ccccc1C(=O)Nc1cc(-c2cn(C)c(=O)c(Nc3ccc(S(N)(=O)=O)cc3)n2)ccc1C.